The van der Waals surface area contributed by atoms with Crippen molar-refractivity contribution in [2.75, 3.05) is 6.54 Å². The summed E-state index contributed by atoms with van der Waals surface area (Å²) in [6, 6.07) is 7.46. The molecule has 0 saturated heterocycles. The normalized spacial score (nSPS) is 14.5. The summed E-state index contributed by atoms with van der Waals surface area (Å²) in [6.07, 6.45) is 0.852. The van der Waals surface area contributed by atoms with Gasteiger partial charge in [0, 0.05) is 12.1 Å². The van der Waals surface area contributed by atoms with E-state index in [-0.39, 0.29) is 17.1 Å². The Morgan fingerprint density at radius 3 is 2.30 bits per heavy atom. The second-order valence-electron chi connectivity index (χ2n) is 6.13. The molecule has 0 aromatic heterocycles. The van der Waals surface area contributed by atoms with Crippen LogP contribution in [0.25, 0.3) is 5.57 Å². The van der Waals surface area contributed by atoms with Gasteiger partial charge >= 0.3 is 0 Å². The fourth-order valence-electron chi connectivity index (χ4n) is 2.60. The summed E-state index contributed by atoms with van der Waals surface area (Å²) in [5.74, 6) is -0.405. The Morgan fingerprint density at radius 2 is 1.75 bits per heavy atom. The van der Waals surface area contributed by atoms with Crippen molar-refractivity contribution in [1.82, 2.24) is 5.32 Å². The highest BCUT2D eigenvalue weighted by Gasteiger charge is 2.38. The number of benzene rings is 1. The van der Waals surface area contributed by atoms with E-state index in [0.717, 1.165) is 17.6 Å². The zero-order valence-electron chi connectivity index (χ0n) is 12.5. The third-order valence-electron chi connectivity index (χ3n) is 3.43. The van der Waals surface area contributed by atoms with E-state index in [9.17, 15) is 9.59 Å². The molecule has 1 aliphatic carbocycles. The zero-order valence-corrected chi connectivity index (χ0v) is 12.5. The number of ketones is 1. The van der Waals surface area contributed by atoms with Crippen molar-refractivity contribution in [2.45, 2.75) is 34.1 Å². The summed E-state index contributed by atoms with van der Waals surface area (Å²) in [7, 11) is 0. The van der Waals surface area contributed by atoms with Crippen LogP contribution in [-0.2, 0) is 4.79 Å². The van der Waals surface area contributed by atoms with Crippen molar-refractivity contribution in [3.63, 3.8) is 0 Å². The number of Topliss-reactive ketones (excluding diaryl/α,β-unsaturated/α-hetero) is 1. The van der Waals surface area contributed by atoms with Gasteiger partial charge < -0.3 is 5.32 Å². The lowest BCUT2D eigenvalue weighted by atomic mass is 9.81. The van der Waals surface area contributed by atoms with Gasteiger partial charge in [0.05, 0.1) is 5.57 Å². The summed E-state index contributed by atoms with van der Waals surface area (Å²) in [6.45, 7) is 8.67. The smallest absolute Gasteiger partial charge is 0.255 e. The highest BCUT2D eigenvalue weighted by Crippen LogP contribution is 2.43. The number of carbonyl (C=O) groups is 2. The van der Waals surface area contributed by atoms with Gasteiger partial charge in [0.15, 0.2) is 5.78 Å². The van der Waals surface area contributed by atoms with Gasteiger partial charge in [-0.2, -0.15) is 0 Å². The van der Waals surface area contributed by atoms with Gasteiger partial charge in [-0.25, -0.2) is 0 Å². The van der Waals surface area contributed by atoms with Crippen LogP contribution in [0.2, 0.25) is 0 Å². The molecular weight excluding hydrogens is 250 g/mol. The molecule has 1 amide bonds. The van der Waals surface area contributed by atoms with Crippen molar-refractivity contribution in [3.8, 4) is 0 Å². The molecule has 0 radical (unpaired) electrons. The highest BCUT2D eigenvalue weighted by molar-refractivity contribution is 6.35. The van der Waals surface area contributed by atoms with E-state index in [1.165, 1.54) is 0 Å². The molecule has 0 fully saturated rings. The quantitative estimate of drug-likeness (QED) is 0.858. The molecule has 3 nitrogen and oxygen atoms in total. The van der Waals surface area contributed by atoms with Gasteiger partial charge in [-0.15, -0.1) is 0 Å². The molecule has 0 atom stereocenters. The molecule has 0 bridgehead atoms. The number of allylic oxidation sites excluding steroid dienone is 1. The summed E-state index contributed by atoms with van der Waals surface area (Å²) in [4.78, 5) is 24.9. The van der Waals surface area contributed by atoms with Crippen molar-refractivity contribution in [2.24, 2.45) is 5.41 Å². The number of rotatable bonds is 3. The van der Waals surface area contributed by atoms with Crippen molar-refractivity contribution in [3.05, 3.63) is 41.0 Å². The maximum Gasteiger partial charge on any atom is 0.255 e. The average Bonchev–Trinajstić information content (AvgIpc) is 2.70. The molecule has 0 spiro atoms. The minimum absolute atomic E-state index is 0.154. The molecule has 0 unspecified atom stereocenters. The van der Waals surface area contributed by atoms with Gasteiger partial charge in [-0.05, 0) is 23.0 Å². The SMILES string of the molecule is CCCNC(=O)C1=C(C(C)(C)C)c2ccccc2C1=O. The van der Waals surface area contributed by atoms with E-state index in [0.29, 0.717) is 17.7 Å². The topological polar surface area (TPSA) is 46.2 Å². The zero-order chi connectivity index (χ0) is 14.9. The lowest BCUT2D eigenvalue weighted by Gasteiger charge is -2.23. The third-order valence-corrected chi connectivity index (χ3v) is 3.43. The number of amides is 1. The van der Waals surface area contributed by atoms with Crippen molar-refractivity contribution in [1.29, 1.82) is 0 Å². The number of hydrogen-bond acceptors (Lipinski definition) is 2. The summed E-state index contributed by atoms with van der Waals surface area (Å²) < 4.78 is 0. The van der Waals surface area contributed by atoms with E-state index in [2.05, 4.69) is 5.32 Å². The molecular formula is C17H21NO2. The van der Waals surface area contributed by atoms with Crippen LogP contribution < -0.4 is 5.32 Å². The Hall–Kier alpha value is -1.90. The molecule has 2 rings (SSSR count). The van der Waals surface area contributed by atoms with Crippen LogP contribution in [0.15, 0.2) is 29.8 Å². The molecule has 0 saturated carbocycles. The molecule has 0 heterocycles. The van der Waals surface area contributed by atoms with Gasteiger partial charge in [0.1, 0.15) is 0 Å². The van der Waals surface area contributed by atoms with Gasteiger partial charge in [-0.1, -0.05) is 52.0 Å². The molecule has 106 valence electrons. The lowest BCUT2D eigenvalue weighted by molar-refractivity contribution is -0.117. The fraction of sp³-hybridized carbons (Fsp3) is 0.412. The lowest BCUT2D eigenvalue weighted by Crippen LogP contribution is -2.29. The Labute approximate surface area is 120 Å². The van der Waals surface area contributed by atoms with Crippen LogP contribution in [0, 0.1) is 5.41 Å². The first-order valence-corrected chi connectivity index (χ1v) is 7.05. The van der Waals surface area contributed by atoms with Crippen LogP contribution in [0.5, 0.6) is 0 Å². The second kappa shape index (κ2) is 5.23. The maximum absolute atomic E-state index is 12.5. The van der Waals surface area contributed by atoms with E-state index >= 15 is 0 Å². The van der Waals surface area contributed by atoms with Crippen LogP contribution >= 0.6 is 0 Å². The van der Waals surface area contributed by atoms with E-state index in [4.69, 9.17) is 0 Å². The molecule has 1 aromatic rings. The molecule has 0 aliphatic heterocycles. The molecule has 1 N–H and O–H groups in total. The second-order valence-corrected chi connectivity index (χ2v) is 6.13. The number of hydrogen-bond donors (Lipinski definition) is 1. The van der Waals surface area contributed by atoms with Gasteiger partial charge in [0.25, 0.3) is 5.91 Å². The maximum atomic E-state index is 12.5. The standard InChI is InChI=1S/C17H21NO2/c1-5-10-18-16(20)13-14(17(2,3)4)11-8-6-7-9-12(11)15(13)19/h6-9H,5,10H2,1-4H3,(H,18,20). The highest BCUT2D eigenvalue weighted by atomic mass is 16.2. The molecule has 20 heavy (non-hydrogen) atoms. The summed E-state index contributed by atoms with van der Waals surface area (Å²) in [5, 5.41) is 2.82. The Kier molecular flexibility index (Phi) is 3.80. The third kappa shape index (κ3) is 2.40. The van der Waals surface area contributed by atoms with Gasteiger partial charge in [0.2, 0.25) is 0 Å². The fourth-order valence-corrected chi connectivity index (χ4v) is 2.60. The van der Waals surface area contributed by atoms with E-state index < -0.39 is 0 Å². The number of fused-ring (bicyclic) bond motifs is 1. The summed E-state index contributed by atoms with van der Waals surface area (Å²) >= 11 is 0. The van der Waals surface area contributed by atoms with Crippen molar-refractivity contribution >= 4 is 17.3 Å². The predicted molar refractivity (Wildman–Crippen MR) is 80.4 cm³/mol. The number of carbonyl (C=O) groups excluding carboxylic acids is 2. The molecule has 1 aliphatic rings. The number of nitrogens with one attached hydrogen (secondary N) is 1. The summed E-state index contributed by atoms with van der Waals surface area (Å²) in [5.41, 5.74) is 2.45. The monoisotopic (exact) mass is 271 g/mol. The Balaban J connectivity index is 2.56. The predicted octanol–water partition coefficient (Wildman–Crippen LogP) is 3.21. The van der Waals surface area contributed by atoms with Crippen LogP contribution in [0.1, 0.15) is 50.0 Å². The van der Waals surface area contributed by atoms with E-state index in [1.807, 2.05) is 45.9 Å². The Bertz CT molecular complexity index is 591. The van der Waals surface area contributed by atoms with E-state index in [1.54, 1.807) is 6.07 Å². The first-order chi connectivity index (χ1) is 9.38. The van der Waals surface area contributed by atoms with Crippen LogP contribution in [-0.4, -0.2) is 18.2 Å². The minimum Gasteiger partial charge on any atom is -0.352 e. The minimum atomic E-state index is -0.252. The largest absolute Gasteiger partial charge is 0.352 e. The van der Waals surface area contributed by atoms with Crippen molar-refractivity contribution < 1.29 is 9.59 Å². The first-order valence-electron chi connectivity index (χ1n) is 7.05. The first kappa shape index (κ1) is 14.5. The van der Waals surface area contributed by atoms with Crippen LogP contribution in [0.3, 0.4) is 0 Å². The average molecular weight is 271 g/mol. The Morgan fingerprint density at radius 1 is 1.15 bits per heavy atom. The molecule has 1 aromatic carbocycles. The van der Waals surface area contributed by atoms with Crippen LogP contribution in [0.4, 0.5) is 0 Å². The van der Waals surface area contributed by atoms with Gasteiger partial charge in [-0.3, -0.25) is 9.59 Å². The molecule has 3 heteroatoms.